The first-order valence-electron chi connectivity index (χ1n) is 8.23. The monoisotopic (exact) mass is 427 g/mol. The molecule has 1 heterocycles. The Bertz CT molecular complexity index is 1030. The zero-order valence-electron chi connectivity index (χ0n) is 15.1. The van der Waals surface area contributed by atoms with Crippen LogP contribution in [-0.2, 0) is 4.79 Å². The van der Waals surface area contributed by atoms with Crippen LogP contribution in [0.15, 0.2) is 46.9 Å². The smallest absolute Gasteiger partial charge is 0.278 e. The van der Waals surface area contributed by atoms with E-state index in [2.05, 4.69) is 36.9 Å². The van der Waals surface area contributed by atoms with Gasteiger partial charge >= 0.3 is 0 Å². The molecule has 0 radical (unpaired) electrons. The number of hydrogen-bond donors (Lipinski definition) is 2. The molecule has 0 saturated carbocycles. The van der Waals surface area contributed by atoms with Crippen molar-refractivity contribution in [3.8, 4) is 5.69 Å². The van der Waals surface area contributed by atoms with Gasteiger partial charge in [0.2, 0.25) is 5.91 Å². The summed E-state index contributed by atoms with van der Waals surface area (Å²) in [7, 11) is 0. The van der Waals surface area contributed by atoms with Gasteiger partial charge in [0, 0.05) is 22.8 Å². The van der Waals surface area contributed by atoms with E-state index >= 15 is 0 Å². The van der Waals surface area contributed by atoms with Gasteiger partial charge < -0.3 is 10.6 Å². The molecule has 3 rings (SSSR count). The average Bonchev–Trinajstić information content (AvgIpc) is 2.99. The summed E-state index contributed by atoms with van der Waals surface area (Å²) in [6.45, 7) is 5.10. The fourth-order valence-electron chi connectivity index (χ4n) is 2.61. The Balaban J connectivity index is 1.84. The van der Waals surface area contributed by atoms with Crippen molar-refractivity contribution < 1.29 is 9.59 Å². The molecule has 0 atom stereocenters. The third-order valence-electron chi connectivity index (χ3n) is 3.97. The van der Waals surface area contributed by atoms with Crippen LogP contribution in [0.1, 0.15) is 28.7 Å². The Morgan fingerprint density at radius 1 is 1.07 bits per heavy atom. The van der Waals surface area contributed by atoms with E-state index in [1.54, 1.807) is 23.7 Å². The van der Waals surface area contributed by atoms with E-state index in [0.29, 0.717) is 17.1 Å². The Kier molecular flexibility index (Phi) is 5.36. The van der Waals surface area contributed by atoms with E-state index in [9.17, 15) is 9.59 Å². The molecule has 8 heteroatoms. The molecule has 0 aliphatic heterocycles. The normalized spacial score (nSPS) is 10.5. The Morgan fingerprint density at radius 2 is 1.85 bits per heavy atom. The number of halogens is 1. The van der Waals surface area contributed by atoms with Crippen molar-refractivity contribution in [1.29, 1.82) is 0 Å². The Hall–Kier alpha value is -3.00. The first-order chi connectivity index (χ1) is 12.8. The molecule has 1 aromatic heterocycles. The number of carbonyl (C=O) groups excluding carboxylic acids is 2. The quantitative estimate of drug-likeness (QED) is 0.661. The predicted octanol–water partition coefficient (Wildman–Crippen LogP) is 3.86. The Morgan fingerprint density at radius 3 is 2.56 bits per heavy atom. The van der Waals surface area contributed by atoms with E-state index in [-0.39, 0.29) is 17.5 Å². The molecule has 0 unspecified atom stereocenters. The maximum absolute atomic E-state index is 12.6. The molecule has 0 fully saturated rings. The summed E-state index contributed by atoms with van der Waals surface area (Å²) in [6.07, 6.45) is 0. The number of aryl methyl sites for hydroxylation is 1. The van der Waals surface area contributed by atoms with Gasteiger partial charge in [0.05, 0.1) is 11.4 Å². The van der Waals surface area contributed by atoms with Gasteiger partial charge in [-0.25, -0.2) is 4.68 Å². The van der Waals surface area contributed by atoms with Crippen molar-refractivity contribution in [3.05, 3.63) is 63.9 Å². The first kappa shape index (κ1) is 18.8. The van der Waals surface area contributed by atoms with Gasteiger partial charge in [-0.2, -0.15) is 0 Å². The minimum absolute atomic E-state index is 0.172. The van der Waals surface area contributed by atoms with Gasteiger partial charge in [-0.15, -0.1) is 5.10 Å². The molecular formula is C19H18BrN5O2. The second kappa shape index (κ2) is 7.71. The highest BCUT2D eigenvalue weighted by atomic mass is 79.9. The number of hydrogen-bond acceptors (Lipinski definition) is 4. The number of benzene rings is 2. The van der Waals surface area contributed by atoms with Crippen LogP contribution in [0.3, 0.4) is 0 Å². The molecule has 7 nitrogen and oxygen atoms in total. The molecule has 27 heavy (non-hydrogen) atoms. The van der Waals surface area contributed by atoms with Crippen LogP contribution >= 0.6 is 15.9 Å². The molecule has 0 aliphatic carbocycles. The molecule has 0 aliphatic rings. The lowest BCUT2D eigenvalue weighted by Gasteiger charge is -2.10. The van der Waals surface area contributed by atoms with Crippen LogP contribution in [0.25, 0.3) is 5.69 Å². The maximum Gasteiger partial charge on any atom is 0.278 e. The summed E-state index contributed by atoms with van der Waals surface area (Å²) >= 11 is 3.42. The molecule has 138 valence electrons. The summed E-state index contributed by atoms with van der Waals surface area (Å²) in [5.74, 6) is -0.541. The summed E-state index contributed by atoms with van der Waals surface area (Å²) in [5, 5.41) is 13.7. The fourth-order valence-corrected chi connectivity index (χ4v) is 2.99. The number of rotatable bonds is 4. The van der Waals surface area contributed by atoms with Crippen LogP contribution in [0, 0.1) is 13.8 Å². The lowest BCUT2D eigenvalue weighted by atomic mass is 10.1. The highest BCUT2D eigenvalue weighted by Crippen LogP contribution is 2.22. The van der Waals surface area contributed by atoms with Crippen LogP contribution in [-0.4, -0.2) is 26.8 Å². The van der Waals surface area contributed by atoms with Crippen molar-refractivity contribution in [3.63, 3.8) is 0 Å². The van der Waals surface area contributed by atoms with E-state index in [4.69, 9.17) is 0 Å². The SMILES string of the molecule is CC(=O)Nc1cc(NC(=O)c2nnn(-c3cccc(Br)c3)c2C)ccc1C. The van der Waals surface area contributed by atoms with E-state index in [1.165, 1.54) is 6.92 Å². The zero-order chi connectivity index (χ0) is 19.6. The molecule has 0 bridgehead atoms. The highest BCUT2D eigenvalue weighted by molar-refractivity contribution is 9.10. The third-order valence-corrected chi connectivity index (χ3v) is 4.46. The van der Waals surface area contributed by atoms with E-state index < -0.39 is 0 Å². The van der Waals surface area contributed by atoms with Gasteiger partial charge in [0.15, 0.2) is 5.69 Å². The van der Waals surface area contributed by atoms with Crippen molar-refractivity contribution >= 4 is 39.1 Å². The lowest BCUT2D eigenvalue weighted by molar-refractivity contribution is -0.114. The molecular weight excluding hydrogens is 410 g/mol. The topological polar surface area (TPSA) is 88.9 Å². The number of nitrogens with zero attached hydrogens (tertiary/aromatic N) is 3. The van der Waals surface area contributed by atoms with Crippen molar-refractivity contribution in [1.82, 2.24) is 15.0 Å². The molecule has 3 aromatic rings. The number of carbonyl (C=O) groups is 2. The van der Waals surface area contributed by atoms with Crippen molar-refractivity contribution in [2.45, 2.75) is 20.8 Å². The van der Waals surface area contributed by atoms with E-state index in [1.807, 2.05) is 37.3 Å². The van der Waals surface area contributed by atoms with Crippen LogP contribution in [0.4, 0.5) is 11.4 Å². The molecule has 2 aromatic carbocycles. The minimum atomic E-state index is -0.369. The van der Waals surface area contributed by atoms with Gasteiger partial charge in [-0.1, -0.05) is 33.3 Å². The molecule has 0 saturated heterocycles. The van der Waals surface area contributed by atoms with Crippen molar-refractivity contribution in [2.24, 2.45) is 0 Å². The molecule has 2 amide bonds. The predicted molar refractivity (Wildman–Crippen MR) is 107 cm³/mol. The molecule has 0 spiro atoms. The highest BCUT2D eigenvalue weighted by Gasteiger charge is 2.18. The number of aromatic nitrogens is 3. The zero-order valence-corrected chi connectivity index (χ0v) is 16.7. The van der Waals surface area contributed by atoms with Gasteiger partial charge in [0.25, 0.3) is 5.91 Å². The fraction of sp³-hybridized carbons (Fsp3) is 0.158. The van der Waals surface area contributed by atoms with E-state index in [0.717, 1.165) is 15.7 Å². The van der Waals surface area contributed by atoms with Crippen LogP contribution in [0.2, 0.25) is 0 Å². The average molecular weight is 428 g/mol. The van der Waals surface area contributed by atoms with Gasteiger partial charge in [-0.05, 0) is 49.7 Å². The standard InChI is InChI=1S/C19H18BrN5O2/c1-11-7-8-15(10-17(11)21-13(3)26)22-19(27)18-12(2)25(24-23-18)16-6-4-5-14(20)9-16/h4-10H,1-3H3,(H,21,26)(H,22,27). The summed E-state index contributed by atoms with van der Waals surface area (Å²) < 4.78 is 2.52. The van der Waals surface area contributed by atoms with Crippen LogP contribution < -0.4 is 10.6 Å². The summed E-state index contributed by atoms with van der Waals surface area (Å²) in [6, 6.07) is 12.9. The second-order valence-electron chi connectivity index (χ2n) is 6.08. The summed E-state index contributed by atoms with van der Waals surface area (Å²) in [4.78, 5) is 23.9. The largest absolute Gasteiger partial charge is 0.326 e. The Labute approximate surface area is 164 Å². The number of amides is 2. The summed E-state index contributed by atoms with van der Waals surface area (Å²) in [5.41, 5.74) is 3.77. The van der Waals surface area contributed by atoms with Gasteiger partial charge in [0.1, 0.15) is 0 Å². The van der Waals surface area contributed by atoms with Crippen molar-refractivity contribution in [2.75, 3.05) is 10.6 Å². The second-order valence-corrected chi connectivity index (χ2v) is 7.00. The maximum atomic E-state index is 12.6. The third kappa shape index (κ3) is 4.22. The van der Waals surface area contributed by atoms with Crippen LogP contribution in [0.5, 0.6) is 0 Å². The minimum Gasteiger partial charge on any atom is -0.326 e. The number of anilines is 2. The first-order valence-corrected chi connectivity index (χ1v) is 9.02. The lowest BCUT2D eigenvalue weighted by Crippen LogP contribution is -2.15. The number of nitrogens with one attached hydrogen (secondary N) is 2. The molecule has 2 N–H and O–H groups in total. The van der Waals surface area contributed by atoms with Gasteiger partial charge in [-0.3, -0.25) is 9.59 Å².